The number of thioether (sulfide) groups is 1. The average Bonchev–Trinajstić information content (AvgIpc) is 2.99. The molecule has 0 radical (unpaired) electrons. The molecule has 2 heterocycles. The highest BCUT2D eigenvalue weighted by Crippen LogP contribution is 2.29. The summed E-state index contributed by atoms with van der Waals surface area (Å²) in [5.41, 5.74) is 0. The summed E-state index contributed by atoms with van der Waals surface area (Å²) < 4.78 is 24.9. The molecule has 0 aromatic carbocycles. The first-order valence-corrected chi connectivity index (χ1v) is 10.1. The highest BCUT2D eigenvalue weighted by molar-refractivity contribution is 7.99. The molecule has 1 aromatic heterocycles. The first-order valence-electron chi connectivity index (χ1n) is 7.34. The summed E-state index contributed by atoms with van der Waals surface area (Å²) >= 11 is 1.32. The molecule has 7 nitrogen and oxygen atoms in total. The van der Waals surface area contributed by atoms with Crippen LogP contribution in [0.2, 0.25) is 0 Å². The monoisotopic (exact) mass is 346 g/mol. The highest BCUT2D eigenvalue weighted by atomic mass is 32.2. The topological polar surface area (TPSA) is 94.0 Å². The minimum Gasteiger partial charge on any atom is -0.353 e. The van der Waals surface area contributed by atoms with Crippen LogP contribution in [0.3, 0.4) is 0 Å². The molecular formula is C13H22N4O3S2. The van der Waals surface area contributed by atoms with E-state index < -0.39 is 9.84 Å². The smallest absolute Gasteiger partial charge is 0.230 e. The molecule has 124 valence electrons. The summed E-state index contributed by atoms with van der Waals surface area (Å²) in [6.45, 7) is 3.98. The van der Waals surface area contributed by atoms with Gasteiger partial charge in [0.2, 0.25) is 5.91 Å². The molecule has 1 aliphatic heterocycles. The quantitative estimate of drug-likeness (QED) is 0.763. The normalized spacial score (nSPS) is 21.7. The van der Waals surface area contributed by atoms with Gasteiger partial charge in [0.25, 0.3) is 0 Å². The van der Waals surface area contributed by atoms with E-state index in [2.05, 4.69) is 15.5 Å². The minimum atomic E-state index is -2.95. The maximum atomic E-state index is 11.8. The average molecular weight is 346 g/mol. The van der Waals surface area contributed by atoms with Crippen molar-refractivity contribution < 1.29 is 13.2 Å². The lowest BCUT2D eigenvalue weighted by Gasteiger charge is -2.11. The van der Waals surface area contributed by atoms with Gasteiger partial charge in [-0.15, -0.1) is 10.2 Å². The van der Waals surface area contributed by atoms with Gasteiger partial charge < -0.3 is 9.88 Å². The fraction of sp³-hybridized carbons (Fsp3) is 0.769. The predicted octanol–water partition coefficient (Wildman–Crippen LogP) is 0.724. The second-order valence-corrected chi connectivity index (χ2v) is 8.84. The summed E-state index contributed by atoms with van der Waals surface area (Å²) in [4.78, 5) is 11.8. The van der Waals surface area contributed by atoms with Crippen LogP contribution < -0.4 is 5.32 Å². The highest BCUT2D eigenvalue weighted by Gasteiger charge is 2.32. The van der Waals surface area contributed by atoms with Gasteiger partial charge in [-0.2, -0.15) is 0 Å². The van der Waals surface area contributed by atoms with Gasteiger partial charge in [0.1, 0.15) is 5.82 Å². The third-order valence-corrected chi connectivity index (χ3v) is 6.61. The van der Waals surface area contributed by atoms with Gasteiger partial charge in [-0.05, 0) is 19.8 Å². The number of carbonyl (C=O) groups excluding carboxylic acids is 1. The lowest BCUT2D eigenvalue weighted by molar-refractivity contribution is -0.119. The van der Waals surface area contributed by atoms with Crippen molar-refractivity contribution in [3.05, 3.63) is 5.82 Å². The molecular weight excluding hydrogens is 324 g/mol. The maximum absolute atomic E-state index is 11.8. The van der Waals surface area contributed by atoms with Crippen molar-refractivity contribution in [2.75, 3.05) is 17.3 Å². The molecule has 1 N–H and O–H groups in total. The second-order valence-electron chi connectivity index (χ2n) is 5.67. The van der Waals surface area contributed by atoms with E-state index >= 15 is 0 Å². The van der Waals surface area contributed by atoms with Crippen molar-refractivity contribution in [2.24, 2.45) is 7.05 Å². The largest absolute Gasteiger partial charge is 0.353 e. The van der Waals surface area contributed by atoms with Crippen molar-refractivity contribution >= 4 is 27.5 Å². The molecule has 2 rings (SSSR count). The lowest BCUT2D eigenvalue weighted by Crippen LogP contribution is -2.33. The molecule has 0 unspecified atom stereocenters. The Morgan fingerprint density at radius 1 is 1.50 bits per heavy atom. The number of nitrogens with zero attached hydrogens (tertiary/aromatic N) is 3. The van der Waals surface area contributed by atoms with Crippen molar-refractivity contribution in [3.63, 3.8) is 0 Å². The molecule has 1 fully saturated rings. The molecule has 0 bridgehead atoms. The summed E-state index contributed by atoms with van der Waals surface area (Å²) in [5, 5.41) is 11.7. The molecule has 1 aromatic rings. The third-order valence-electron chi connectivity index (χ3n) is 3.82. The van der Waals surface area contributed by atoms with Gasteiger partial charge >= 0.3 is 0 Å². The zero-order chi connectivity index (χ0) is 16.3. The summed E-state index contributed by atoms with van der Waals surface area (Å²) in [5.74, 6) is 1.19. The van der Waals surface area contributed by atoms with Gasteiger partial charge in [-0.1, -0.05) is 18.7 Å². The molecule has 0 aliphatic carbocycles. The van der Waals surface area contributed by atoms with Gasteiger partial charge in [0, 0.05) is 19.0 Å². The van der Waals surface area contributed by atoms with Crippen molar-refractivity contribution in [1.82, 2.24) is 20.1 Å². The Morgan fingerprint density at radius 2 is 2.23 bits per heavy atom. The van der Waals surface area contributed by atoms with Crippen LogP contribution >= 0.6 is 11.8 Å². The number of nitrogens with one attached hydrogen (secondary N) is 1. The molecule has 9 heteroatoms. The van der Waals surface area contributed by atoms with E-state index in [9.17, 15) is 13.2 Å². The van der Waals surface area contributed by atoms with E-state index in [4.69, 9.17) is 0 Å². The Kier molecular flexibility index (Phi) is 5.49. The van der Waals surface area contributed by atoms with Gasteiger partial charge in [0.05, 0.1) is 17.3 Å². The van der Waals surface area contributed by atoms with Crippen molar-refractivity contribution in [3.8, 4) is 0 Å². The number of hydrogen-bond acceptors (Lipinski definition) is 6. The molecule has 2 atom stereocenters. The van der Waals surface area contributed by atoms with E-state index in [1.807, 2.05) is 20.9 Å². The van der Waals surface area contributed by atoms with E-state index in [0.29, 0.717) is 17.4 Å². The summed E-state index contributed by atoms with van der Waals surface area (Å²) in [7, 11) is -1.13. The fourth-order valence-electron chi connectivity index (χ4n) is 2.35. The van der Waals surface area contributed by atoms with Crippen LogP contribution in [0.1, 0.15) is 38.4 Å². The Labute approximate surface area is 135 Å². The number of rotatable bonds is 6. The van der Waals surface area contributed by atoms with Crippen LogP contribution in [-0.4, -0.2) is 52.4 Å². The predicted molar refractivity (Wildman–Crippen MR) is 85.6 cm³/mol. The minimum absolute atomic E-state index is 0.0349. The van der Waals surface area contributed by atoms with Crippen LogP contribution in [-0.2, 0) is 21.7 Å². The lowest BCUT2D eigenvalue weighted by atomic mass is 10.1. The molecule has 22 heavy (non-hydrogen) atoms. The van der Waals surface area contributed by atoms with Crippen LogP contribution in [0.5, 0.6) is 0 Å². The van der Waals surface area contributed by atoms with Crippen LogP contribution in [0.25, 0.3) is 0 Å². The fourth-order valence-corrected chi connectivity index (χ4v) is 4.82. The van der Waals surface area contributed by atoms with E-state index in [-0.39, 0.29) is 35.1 Å². The maximum Gasteiger partial charge on any atom is 0.230 e. The van der Waals surface area contributed by atoms with E-state index in [1.165, 1.54) is 11.8 Å². The first kappa shape index (κ1) is 17.3. The molecule has 1 amide bonds. The molecule has 0 spiro atoms. The number of carbonyl (C=O) groups is 1. The summed E-state index contributed by atoms with van der Waals surface area (Å²) in [6, 6.07) is 0.159. The van der Waals surface area contributed by atoms with E-state index in [1.54, 1.807) is 4.57 Å². The molecule has 1 saturated heterocycles. The number of hydrogen-bond donors (Lipinski definition) is 1. The zero-order valence-electron chi connectivity index (χ0n) is 13.1. The Bertz CT molecular complexity index is 642. The van der Waals surface area contributed by atoms with E-state index in [0.717, 1.165) is 6.42 Å². The zero-order valence-corrected chi connectivity index (χ0v) is 14.7. The number of amides is 1. The number of aromatic nitrogens is 3. The van der Waals surface area contributed by atoms with Crippen LogP contribution in [0.4, 0.5) is 0 Å². The van der Waals surface area contributed by atoms with Crippen LogP contribution in [0, 0.1) is 0 Å². The first-order chi connectivity index (χ1) is 10.3. The standard InChI is InChI=1S/C13H22N4O3S2/c1-4-9(2)14-11(18)7-21-13-16-15-12(17(13)3)10-5-6-22(19,20)8-10/h9-10H,4-8H2,1-3H3,(H,14,18)/t9-,10-/m0/s1. The third kappa shape index (κ3) is 4.22. The SMILES string of the molecule is CC[C@H](C)NC(=O)CSc1nnc([C@H]2CCS(=O)(=O)C2)n1C. The van der Waals surface area contributed by atoms with Crippen LogP contribution in [0.15, 0.2) is 5.16 Å². The van der Waals surface area contributed by atoms with Crippen molar-refractivity contribution in [2.45, 2.75) is 43.8 Å². The second kappa shape index (κ2) is 6.99. The Balaban J connectivity index is 1.95. The Hall–Kier alpha value is -1.09. The Morgan fingerprint density at radius 3 is 2.82 bits per heavy atom. The molecule has 0 saturated carbocycles. The van der Waals surface area contributed by atoms with Crippen molar-refractivity contribution in [1.29, 1.82) is 0 Å². The number of sulfone groups is 1. The molecule has 1 aliphatic rings. The van der Waals surface area contributed by atoms with Gasteiger partial charge in [-0.25, -0.2) is 8.42 Å². The van der Waals surface area contributed by atoms with Gasteiger partial charge in [-0.3, -0.25) is 4.79 Å². The van der Waals surface area contributed by atoms with Gasteiger partial charge in [0.15, 0.2) is 15.0 Å². The summed E-state index contributed by atoms with van der Waals surface area (Å²) in [6.07, 6.45) is 1.48.